The molecule has 1 aromatic carbocycles. The summed E-state index contributed by atoms with van der Waals surface area (Å²) < 4.78 is 0. The van der Waals surface area contributed by atoms with Crippen LogP contribution in [0.2, 0.25) is 5.02 Å². The monoisotopic (exact) mass is 179 g/mol. The largest absolute Gasteiger partial charge is 0.157 e. The van der Waals surface area contributed by atoms with Crippen molar-refractivity contribution in [3.05, 3.63) is 41.7 Å². The third kappa shape index (κ3) is 1.19. The van der Waals surface area contributed by atoms with E-state index in [-0.39, 0.29) is 0 Å². The molecule has 3 nitrogen and oxygen atoms in total. The minimum Gasteiger partial charge on any atom is -0.157 e. The second-order valence-corrected chi connectivity index (χ2v) is 2.68. The van der Waals surface area contributed by atoms with Gasteiger partial charge in [0.15, 0.2) is 0 Å². The Balaban J connectivity index is 2.55. The predicted molar refractivity (Wildman–Crippen MR) is 46.4 cm³/mol. The molecule has 0 aliphatic carbocycles. The molecule has 0 aliphatic heterocycles. The zero-order chi connectivity index (χ0) is 8.39. The lowest BCUT2D eigenvalue weighted by Crippen LogP contribution is -1.98. The third-order valence-corrected chi connectivity index (χ3v) is 1.81. The zero-order valence-corrected chi connectivity index (χ0v) is 6.94. The SMILES string of the molecule is Clc1ccccc1-n1nccn1. The molecule has 1 heterocycles. The highest BCUT2D eigenvalue weighted by Crippen LogP contribution is 2.17. The molecule has 0 amide bonds. The molecule has 2 rings (SSSR count). The third-order valence-electron chi connectivity index (χ3n) is 1.49. The fraction of sp³-hybridized carbons (Fsp3) is 0. The first-order valence-electron chi connectivity index (χ1n) is 3.49. The molecule has 0 saturated heterocycles. The van der Waals surface area contributed by atoms with Gasteiger partial charge in [0, 0.05) is 0 Å². The molecule has 12 heavy (non-hydrogen) atoms. The van der Waals surface area contributed by atoms with Crippen LogP contribution in [-0.4, -0.2) is 15.0 Å². The minimum absolute atomic E-state index is 0.647. The van der Waals surface area contributed by atoms with Crippen molar-refractivity contribution in [1.82, 2.24) is 15.0 Å². The molecule has 0 N–H and O–H groups in total. The van der Waals surface area contributed by atoms with Gasteiger partial charge in [-0.15, -0.1) is 0 Å². The smallest absolute Gasteiger partial charge is 0.104 e. The van der Waals surface area contributed by atoms with Crippen molar-refractivity contribution in [3.63, 3.8) is 0 Å². The molecule has 0 aliphatic rings. The van der Waals surface area contributed by atoms with Crippen molar-refractivity contribution in [2.75, 3.05) is 0 Å². The molecule has 0 bridgehead atoms. The average molecular weight is 180 g/mol. The summed E-state index contributed by atoms with van der Waals surface area (Å²) in [4.78, 5) is 1.49. The minimum atomic E-state index is 0.647. The number of aromatic nitrogens is 3. The van der Waals surface area contributed by atoms with Crippen molar-refractivity contribution in [3.8, 4) is 5.69 Å². The van der Waals surface area contributed by atoms with Gasteiger partial charge in [-0.2, -0.15) is 15.0 Å². The highest BCUT2D eigenvalue weighted by Gasteiger charge is 2.00. The maximum atomic E-state index is 5.91. The maximum absolute atomic E-state index is 5.91. The van der Waals surface area contributed by atoms with Crippen molar-refractivity contribution >= 4 is 11.6 Å². The first-order valence-corrected chi connectivity index (χ1v) is 3.87. The predicted octanol–water partition coefficient (Wildman–Crippen LogP) is 1.92. The lowest BCUT2D eigenvalue weighted by atomic mass is 10.3. The van der Waals surface area contributed by atoms with Crippen LogP contribution in [0.4, 0.5) is 0 Å². The Morgan fingerprint density at radius 1 is 1.08 bits per heavy atom. The first-order chi connectivity index (χ1) is 5.88. The van der Waals surface area contributed by atoms with Gasteiger partial charge in [-0.1, -0.05) is 23.7 Å². The molecule has 0 saturated carbocycles. The topological polar surface area (TPSA) is 30.7 Å². The van der Waals surface area contributed by atoms with Crippen molar-refractivity contribution in [2.45, 2.75) is 0 Å². The molecule has 4 heteroatoms. The van der Waals surface area contributed by atoms with Crippen molar-refractivity contribution < 1.29 is 0 Å². The Morgan fingerprint density at radius 2 is 1.75 bits per heavy atom. The van der Waals surface area contributed by atoms with E-state index in [2.05, 4.69) is 10.2 Å². The van der Waals surface area contributed by atoms with Crippen LogP contribution in [0.15, 0.2) is 36.7 Å². The van der Waals surface area contributed by atoms with Crippen LogP contribution < -0.4 is 0 Å². The van der Waals surface area contributed by atoms with Gasteiger partial charge in [0.1, 0.15) is 5.69 Å². The number of para-hydroxylation sites is 1. The van der Waals surface area contributed by atoms with Crippen LogP contribution in [0.5, 0.6) is 0 Å². The number of benzene rings is 1. The number of hydrogen-bond acceptors (Lipinski definition) is 2. The summed E-state index contributed by atoms with van der Waals surface area (Å²) in [6.07, 6.45) is 3.23. The van der Waals surface area contributed by atoms with Crippen LogP contribution in [0.25, 0.3) is 5.69 Å². The molecule has 0 radical (unpaired) electrons. The second-order valence-electron chi connectivity index (χ2n) is 2.27. The number of rotatable bonds is 1. The van der Waals surface area contributed by atoms with Crippen LogP contribution in [0.3, 0.4) is 0 Å². The molecule has 1 aromatic heterocycles. The molecular weight excluding hydrogens is 174 g/mol. The standard InChI is InChI=1S/C8H6ClN3/c9-7-3-1-2-4-8(7)12-10-5-6-11-12/h1-6H. The van der Waals surface area contributed by atoms with E-state index in [9.17, 15) is 0 Å². The van der Waals surface area contributed by atoms with Crippen LogP contribution in [-0.2, 0) is 0 Å². The van der Waals surface area contributed by atoms with E-state index in [4.69, 9.17) is 11.6 Å². The van der Waals surface area contributed by atoms with Gasteiger partial charge in [-0.05, 0) is 12.1 Å². The van der Waals surface area contributed by atoms with E-state index in [0.717, 1.165) is 5.69 Å². The normalized spacial score (nSPS) is 10.1. The Kier molecular flexibility index (Phi) is 1.80. The van der Waals surface area contributed by atoms with E-state index in [1.165, 1.54) is 4.80 Å². The van der Waals surface area contributed by atoms with Crippen LogP contribution in [0.1, 0.15) is 0 Å². The fourth-order valence-electron chi connectivity index (χ4n) is 0.954. The Hall–Kier alpha value is -1.35. The molecule has 0 spiro atoms. The lowest BCUT2D eigenvalue weighted by Gasteiger charge is -2.00. The van der Waals surface area contributed by atoms with E-state index in [0.29, 0.717) is 5.02 Å². The van der Waals surface area contributed by atoms with Gasteiger partial charge >= 0.3 is 0 Å². The summed E-state index contributed by atoms with van der Waals surface area (Å²) in [6.45, 7) is 0. The first kappa shape index (κ1) is 7.31. The zero-order valence-electron chi connectivity index (χ0n) is 6.18. The molecule has 0 unspecified atom stereocenters. The molecular formula is C8H6ClN3. The van der Waals surface area contributed by atoms with Crippen molar-refractivity contribution in [1.29, 1.82) is 0 Å². The lowest BCUT2D eigenvalue weighted by molar-refractivity contribution is 0.752. The van der Waals surface area contributed by atoms with Gasteiger partial charge in [0.25, 0.3) is 0 Å². The highest BCUT2D eigenvalue weighted by atomic mass is 35.5. The summed E-state index contributed by atoms with van der Waals surface area (Å²) in [5, 5.41) is 8.58. The quantitative estimate of drug-likeness (QED) is 0.670. The van der Waals surface area contributed by atoms with E-state index < -0.39 is 0 Å². The van der Waals surface area contributed by atoms with Crippen LogP contribution >= 0.6 is 11.6 Å². The van der Waals surface area contributed by atoms with Crippen LogP contribution in [0, 0.1) is 0 Å². The molecule has 2 aromatic rings. The highest BCUT2D eigenvalue weighted by molar-refractivity contribution is 6.32. The summed E-state index contributed by atoms with van der Waals surface area (Å²) >= 11 is 5.91. The summed E-state index contributed by atoms with van der Waals surface area (Å²) in [5.41, 5.74) is 0.796. The van der Waals surface area contributed by atoms with Gasteiger partial charge in [0.2, 0.25) is 0 Å². The summed E-state index contributed by atoms with van der Waals surface area (Å²) in [5.74, 6) is 0. The number of halogens is 1. The molecule has 0 fully saturated rings. The van der Waals surface area contributed by atoms with E-state index in [1.54, 1.807) is 18.5 Å². The molecule has 60 valence electrons. The number of nitrogens with zero attached hydrogens (tertiary/aromatic N) is 3. The summed E-state index contributed by atoms with van der Waals surface area (Å²) in [7, 11) is 0. The van der Waals surface area contributed by atoms with Gasteiger partial charge < -0.3 is 0 Å². The van der Waals surface area contributed by atoms with E-state index in [1.807, 2.05) is 18.2 Å². The Bertz CT molecular complexity index is 370. The number of hydrogen-bond donors (Lipinski definition) is 0. The Labute approximate surface area is 74.6 Å². The Morgan fingerprint density at radius 3 is 2.42 bits per heavy atom. The van der Waals surface area contributed by atoms with Gasteiger partial charge in [-0.3, -0.25) is 0 Å². The fourth-order valence-corrected chi connectivity index (χ4v) is 1.17. The average Bonchev–Trinajstić information content (AvgIpc) is 2.57. The van der Waals surface area contributed by atoms with Crippen molar-refractivity contribution in [2.24, 2.45) is 0 Å². The second kappa shape index (κ2) is 2.95. The van der Waals surface area contributed by atoms with Gasteiger partial charge in [0.05, 0.1) is 17.4 Å². The summed E-state index contributed by atoms with van der Waals surface area (Å²) in [6, 6.07) is 7.43. The maximum Gasteiger partial charge on any atom is 0.104 e. The van der Waals surface area contributed by atoms with Gasteiger partial charge in [-0.25, -0.2) is 0 Å². The van der Waals surface area contributed by atoms with E-state index >= 15 is 0 Å². The molecule has 0 atom stereocenters.